The maximum atomic E-state index is 12.3. The second-order valence-electron chi connectivity index (χ2n) is 4.84. The quantitative estimate of drug-likeness (QED) is 0.787. The predicted molar refractivity (Wildman–Crippen MR) is 79.0 cm³/mol. The smallest absolute Gasteiger partial charge is 0.337 e. The van der Waals surface area contributed by atoms with Crippen molar-refractivity contribution in [1.82, 2.24) is 0 Å². The van der Waals surface area contributed by atoms with Crippen LogP contribution in [0.5, 0.6) is 0 Å². The number of halogens is 2. The van der Waals surface area contributed by atoms with Gasteiger partial charge in [-0.1, -0.05) is 23.2 Å². The molecule has 0 aliphatic carbocycles. The summed E-state index contributed by atoms with van der Waals surface area (Å²) in [5.74, 6) is -1.73. The van der Waals surface area contributed by atoms with E-state index in [4.69, 9.17) is 33.7 Å². The molecule has 1 aromatic carbocycles. The van der Waals surface area contributed by atoms with Crippen molar-refractivity contribution < 1.29 is 19.4 Å². The fourth-order valence-corrected chi connectivity index (χ4v) is 2.61. The molecule has 21 heavy (non-hydrogen) atoms. The zero-order valence-electron chi connectivity index (χ0n) is 11.0. The molecule has 1 fully saturated rings. The van der Waals surface area contributed by atoms with Crippen molar-refractivity contribution in [2.45, 2.75) is 18.4 Å². The van der Waals surface area contributed by atoms with Crippen molar-refractivity contribution in [3.8, 4) is 0 Å². The van der Waals surface area contributed by atoms with E-state index in [1.165, 1.54) is 12.1 Å². The van der Waals surface area contributed by atoms with Gasteiger partial charge in [0.15, 0.2) is 0 Å². The van der Waals surface area contributed by atoms with E-state index < -0.39 is 17.4 Å². The molecule has 4 N–H and O–H groups in total. The summed E-state index contributed by atoms with van der Waals surface area (Å²) in [5.41, 5.74) is 4.76. The monoisotopic (exact) mass is 332 g/mol. The lowest BCUT2D eigenvalue weighted by Crippen LogP contribution is -2.54. The molecule has 1 aliphatic rings. The number of nitrogens with two attached hydrogens (primary N) is 1. The minimum absolute atomic E-state index is 0.00474. The highest BCUT2D eigenvalue weighted by Gasteiger charge is 2.36. The van der Waals surface area contributed by atoms with Crippen LogP contribution in [-0.2, 0) is 9.53 Å². The van der Waals surface area contributed by atoms with E-state index in [0.717, 1.165) is 0 Å². The summed E-state index contributed by atoms with van der Waals surface area (Å²) < 4.78 is 5.17. The van der Waals surface area contributed by atoms with E-state index in [1.54, 1.807) is 0 Å². The molecule has 2 rings (SSSR count). The second kappa shape index (κ2) is 6.19. The van der Waals surface area contributed by atoms with Gasteiger partial charge in [-0.25, -0.2) is 4.79 Å². The maximum Gasteiger partial charge on any atom is 0.337 e. The Kier molecular flexibility index (Phi) is 4.73. The predicted octanol–water partition coefficient (Wildman–Crippen LogP) is 2.14. The normalized spacial score (nSPS) is 17.3. The molecule has 1 amide bonds. The number of carbonyl (C=O) groups excluding carboxylic acids is 1. The zero-order valence-corrected chi connectivity index (χ0v) is 12.5. The summed E-state index contributed by atoms with van der Waals surface area (Å²) >= 11 is 11.8. The van der Waals surface area contributed by atoms with Gasteiger partial charge in [-0.15, -0.1) is 0 Å². The van der Waals surface area contributed by atoms with Crippen LogP contribution in [0.2, 0.25) is 10.0 Å². The standard InChI is InChI=1S/C13H14Cl2N2O4/c14-7-5-8(11(18)19)10(9(15)6-7)17-12(20)13(16)1-3-21-4-2-13/h5-6H,1-4,16H2,(H,17,20)(H,18,19). The fraction of sp³-hybridized carbons (Fsp3) is 0.385. The molecule has 8 heteroatoms. The van der Waals surface area contributed by atoms with Gasteiger partial charge in [0.05, 0.1) is 16.3 Å². The van der Waals surface area contributed by atoms with Gasteiger partial charge in [-0.3, -0.25) is 4.79 Å². The Morgan fingerprint density at radius 1 is 1.29 bits per heavy atom. The molecular formula is C13H14Cl2N2O4. The molecule has 1 aromatic rings. The molecular weight excluding hydrogens is 319 g/mol. The van der Waals surface area contributed by atoms with E-state index in [0.29, 0.717) is 26.1 Å². The summed E-state index contributed by atoms with van der Waals surface area (Å²) in [5, 5.41) is 11.9. The SMILES string of the molecule is NC1(C(=O)Nc2c(Cl)cc(Cl)cc2C(=O)O)CCOCC1. The number of carbonyl (C=O) groups is 2. The number of carboxylic acid groups (broad SMARTS) is 1. The minimum Gasteiger partial charge on any atom is -0.478 e. The number of benzene rings is 1. The lowest BCUT2D eigenvalue weighted by atomic mass is 9.90. The molecule has 114 valence electrons. The number of amides is 1. The third kappa shape index (κ3) is 3.47. The molecule has 0 unspecified atom stereocenters. The number of aromatic carboxylic acids is 1. The second-order valence-corrected chi connectivity index (χ2v) is 5.68. The van der Waals surface area contributed by atoms with Crippen LogP contribution in [0.4, 0.5) is 5.69 Å². The van der Waals surface area contributed by atoms with Crippen LogP contribution < -0.4 is 11.1 Å². The maximum absolute atomic E-state index is 12.3. The lowest BCUT2D eigenvalue weighted by Gasteiger charge is -2.32. The van der Waals surface area contributed by atoms with Crippen molar-refractivity contribution in [3.05, 3.63) is 27.7 Å². The van der Waals surface area contributed by atoms with Crippen LogP contribution in [0.15, 0.2) is 12.1 Å². The van der Waals surface area contributed by atoms with Crippen molar-refractivity contribution in [2.75, 3.05) is 18.5 Å². The molecule has 6 nitrogen and oxygen atoms in total. The third-order valence-corrected chi connectivity index (χ3v) is 3.88. The average molecular weight is 333 g/mol. The molecule has 0 spiro atoms. The average Bonchev–Trinajstić information content (AvgIpc) is 2.41. The third-order valence-electron chi connectivity index (χ3n) is 3.36. The Morgan fingerprint density at radius 2 is 1.90 bits per heavy atom. The van der Waals surface area contributed by atoms with Crippen LogP contribution in [0, 0.1) is 0 Å². The molecule has 0 aromatic heterocycles. The Hall–Kier alpha value is -1.34. The number of carboxylic acids is 1. The van der Waals surface area contributed by atoms with Gasteiger partial charge in [0.25, 0.3) is 0 Å². The molecule has 0 saturated carbocycles. The number of hydrogen-bond acceptors (Lipinski definition) is 4. The Balaban J connectivity index is 2.30. The number of hydrogen-bond donors (Lipinski definition) is 3. The van der Waals surface area contributed by atoms with E-state index in [2.05, 4.69) is 5.32 Å². The first-order chi connectivity index (χ1) is 9.83. The Bertz CT molecular complexity index is 586. The van der Waals surface area contributed by atoms with Crippen LogP contribution in [-0.4, -0.2) is 35.7 Å². The first-order valence-electron chi connectivity index (χ1n) is 6.24. The minimum atomic E-state index is -1.24. The van der Waals surface area contributed by atoms with Gasteiger partial charge in [0.1, 0.15) is 5.54 Å². The van der Waals surface area contributed by atoms with Gasteiger partial charge in [-0.2, -0.15) is 0 Å². The molecule has 0 radical (unpaired) electrons. The Morgan fingerprint density at radius 3 is 2.48 bits per heavy atom. The zero-order chi connectivity index (χ0) is 15.6. The van der Waals surface area contributed by atoms with Gasteiger partial charge < -0.3 is 20.9 Å². The summed E-state index contributed by atoms with van der Waals surface area (Å²) in [6, 6.07) is 2.58. The van der Waals surface area contributed by atoms with Gasteiger partial charge in [0.2, 0.25) is 5.91 Å². The highest BCUT2D eigenvalue weighted by atomic mass is 35.5. The summed E-state index contributed by atoms with van der Waals surface area (Å²) in [6.07, 6.45) is 0.707. The van der Waals surface area contributed by atoms with Crippen molar-refractivity contribution in [1.29, 1.82) is 0 Å². The number of nitrogens with one attached hydrogen (secondary N) is 1. The molecule has 1 aliphatic heterocycles. The summed E-state index contributed by atoms with van der Waals surface area (Å²) in [7, 11) is 0. The molecule has 0 atom stereocenters. The van der Waals surface area contributed by atoms with E-state index in [1.807, 2.05) is 0 Å². The first-order valence-corrected chi connectivity index (χ1v) is 6.99. The largest absolute Gasteiger partial charge is 0.478 e. The molecule has 0 bridgehead atoms. The van der Waals surface area contributed by atoms with Crippen molar-refractivity contribution in [3.63, 3.8) is 0 Å². The topological polar surface area (TPSA) is 102 Å². The van der Waals surface area contributed by atoms with Crippen LogP contribution >= 0.6 is 23.2 Å². The molecule has 1 saturated heterocycles. The van der Waals surface area contributed by atoms with Crippen molar-refractivity contribution in [2.24, 2.45) is 5.73 Å². The number of ether oxygens (including phenoxy) is 1. The van der Waals surface area contributed by atoms with Gasteiger partial charge in [-0.05, 0) is 25.0 Å². The Labute approximate surface area is 131 Å². The number of rotatable bonds is 3. The van der Waals surface area contributed by atoms with Gasteiger partial charge >= 0.3 is 5.97 Å². The van der Waals surface area contributed by atoms with Crippen LogP contribution in [0.25, 0.3) is 0 Å². The lowest BCUT2D eigenvalue weighted by molar-refractivity contribution is -0.124. The summed E-state index contributed by atoms with van der Waals surface area (Å²) in [4.78, 5) is 23.6. The first kappa shape index (κ1) is 16.0. The fourth-order valence-electron chi connectivity index (χ4n) is 2.07. The van der Waals surface area contributed by atoms with E-state index >= 15 is 0 Å². The van der Waals surface area contributed by atoms with Crippen molar-refractivity contribution >= 4 is 40.8 Å². The van der Waals surface area contributed by atoms with Crippen LogP contribution in [0.1, 0.15) is 23.2 Å². The van der Waals surface area contributed by atoms with E-state index in [9.17, 15) is 14.7 Å². The highest BCUT2D eigenvalue weighted by Crippen LogP contribution is 2.31. The molecule has 1 heterocycles. The van der Waals surface area contributed by atoms with Crippen LogP contribution in [0.3, 0.4) is 0 Å². The summed E-state index contributed by atoms with van der Waals surface area (Å²) in [6.45, 7) is 0.758. The highest BCUT2D eigenvalue weighted by molar-refractivity contribution is 6.37. The number of anilines is 1. The van der Waals surface area contributed by atoms with E-state index in [-0.39, 0.29) is 21.3 Å². The van der Waals surface area contributed by atoms with Gasteiger partial charge in [0, 0.05) is 18.2 Å².